The maximum atomic E-state index is 13.2. The van der Waals surface area contributed by atoms with E-state index in [2.05, 4.69) is 19.2 Å². The molecule has 8 nitrogen and oxygen atoms in total. The molecular formula is C24H36N4O4. The summed E-state index contributed by atoms with van der Waals surface area (Å²) in [5.41, 5.74) is 1.58. The number of hydrogen-bond donors (Lipinski definition) is 1. The number of carbonyl (C=O) groups is 2. The average molecular weight is 445 g/mol. The van der Waals surface area contributed by atoms with Crippen LogP contribution in [0.3, 0.4) is 0 Å². The molecule has 2 rings (SSSR count). The van der Waals surface area contributed by atoms with Crippen LogP contribution in [0.15, 0.2) is 36.5 Å². The summed E-state index contributed by atoms with van der Waals surface area (Å²) in [4.78, 5) is 29.7. The molecule has 176 valence electrons. The Kier molecular flexibility index (Phi) is 8.99. The second-order valence-electron chi connectivity index (χ2n) is 8.53. The van der Waals surface area contributed by atoms with Crippen LogP contribution in [0.4, 0.5) is 10.5 Å². The number of rotatable bonds is 10. The van der Waals surface area contributed by atoms with Gasteiger partial charge in [-0.25, -0.2) is 4.79 Å². The quantitative estimate of drug-likeness (QED) is 0.602. The first-order valence-corrected chi connectivity index (χ1v) is 10.8. The first kappa shape index (κ1) is 25.1. The summed E-state index contributed by atoms with van der Waals surface area (Å²) in [6.07, 6.45) is 1.96. The summed E-state index contributed by atoms with van der Waals surface area (Å²) in [6, 6.07) is 8.59. The standard InChI is InChI=1S/C24H36N4O4/c1-17(2)14-27(15-20-9-8-10-26(20)5)23(29)16-28(18(3)4)24(30)25-19-11-21(31-6)13-22(12-19)32-7/h8-13,17-18H,14-16H2,1-7H3,(H,25,30). The van der Waals surface area contributed by atoms with Gasteiger partial charge in [0.1, 0.15) is 18.0 Å². The predicted octanol–water partition coefficient (Wildman–Crippen LogP) is 3.97. The third-order valence-corrected chi connectivity index (χ3v) is 5.13. The smallest absolute Gasteiger partial charge is 0.322 e. The third-order valence-electron chi connectivity index (χ3n) is 5.13. The maximum absolute atomic E-state index is 13.2. The van der Waals surface area contributed by atoms with E-state index in [1.54, 1.807) is 32.4 Å². The molecule has 1 N–H and O–H groups in total. The topological polar surface area (TPSA) is 76.0 Å². The minimum absolute atomic E-state index is 0.0122. The Bertz CT molecular complexity index is 885. The van der Waals surface area contributed by atoms with Crippen molar-refractivity contribution in [2.24, 2.45) is 13.0 Å². The van der Waals surface area contributed by atoms with E-state index in [4.69, 9.17) is 9.47 Å². The Hall–Kier alpha value is -3.16. The molecule has 0 fully saturated rings. The van der Waals surface area contributed by atoms with Gasteiger partial charge in [-0.15, -0.1) is 0 Å². The van der Waals surface area contributed by atoms with Crippen molar-refractivity contribution in [3.8, 4) is 11.5 Å². The second-order valence-corrected chi connectivity index (χ2v) is 8.53. The number of methoxy groups -OCH3 is 2. The zero-order valence-corrected chi connectivity index (χ0v) is 20.2. The molecule has 0 saturated carbocycles. The Balaban J connectivity index is 2.17. The highest BCUT2D eigenvalue weighted by molar-refractivity contribution is 5.93. The predicted molar refractivity (Wildman–Crippen MR) is 126 cm³/mol. The van der Waals surface area contributed by atoms with Crippen molar-refractivity contribution in [2.45, 2.75) is 40.3 Å². The summed E-state index contributed by atoms with van der Waals surface area (Å²) in [6.45, 7) is 9.04. The number of carbonyl (C=O) groups excluding carboxylic acids is 2. The van der Waals surface area contributed by atoms with Gasteiger partial charge in [-0.3, -0.25) is 4.79 Å². The van der Waals surface area contributed by atoms with Gasteiger partial charge in [-0.1, -0.05) is 13.8 Å². The molecule has 0 unspecified atom stereocenters. The molecule has 2 aromatic rings. The van der Waals surface area contributed by atoms with Gasteiger partial charge in [-0.2, -0.15) is 0 Å². The molecule has 3 amide bonds. The van der Waals surface area contributed by atoms with Gasteiger partial charge in [0.15, 0.2) is 0 Å². The lowest BCUT2D eigenvalue weighted by Gasteiger charge is -2.31. The summed E-state index contributed by atoms with van der Waals surface area (Å²) < 4.78 is 12.5. The molecule has 0 aliphatic carbocycles. The van der Waals surface area contributed by atoms with Crippen LogP contribution in [0.2, 0.25) is 0 Å². The number of nitrogens with one attached hydrogen (secondary N) is 1. The van der Waals surface area contributed by atoms with E-state index in [9.17, 15) is 9.59 Å². The number of urea groups is 1. The molecule has 32 heavy (non-hydrogen) atoms. The Labute approximate surface area is 191 Å². The fraction of sp³-hybridized carbons (Fsp3) is 0.500. The number of amides is 3. The Morgan fingerprint density at radius 1 is 1.06 bits per heavy atom. The number of aromatic nitrogens is 1. The molecule has 8 heteroatoms. The van der Waals surface area contributed by atoms with E-state index in [1.165, 1.54) is 4.90 Å². The van der Waals surface area contributed by atoms with E-state index in [-0.39, 0.29) is 24.5 Å². The molecule has 0 aliphatic rings. The fourth-order valence-electron chi connectivity index (χ4n) is 3.36. The van der Waals surface area contributed by atoms with Crippen molar-refractivity contribution in [3.63, 3.8) is 0 Å². The molecule has 1 aromatic carbocycles. The van der Waals surface area contributed by atoms with Crippen molar-refractivity contribution in [1.29, 1.82) is 0 Å². The van der Waals surface area contributed by atoms with E-state index in [0.717, 1.165) is 5.69 Å². The molecule has 0 saturated heterocycles. The lowest BCUT2D eigenvalue weighted by molar-refractivity contribution is -0.133. The van der Waals surface area contributed by atoms with E-state index >= 15 is 0 Å². The van der Waals surface area contributed by atoms with Gasteiger partial charge in [0.25, 0.3) is 0 Å². The van der Waals surface area contributed by atoms with Crippen LogP contribution >= 0.6 is 0 Å². The number of nitrogens with zero attached hydrogens (tertiary/aromatic N) is 3. The van der Waals surface area contributed by atoms with Crippen LogP contribution < -0.4 is 14.8 Å². The number of ether oxygens (including phenoxy) is 2. The summed E-state index contributed by atoms with van der Waals surface area (Å²) in [5.74, 6) is 1.35. The first-order valence-electron chi connectivity index (χ1n) is 10.8. The third kappa shape index (κ3) is 6.93. The number of anilines is 1. The van der Waals surface area contributed by atoms with Crippen molar-refractivity contribution >= 4 is 17.6 Å². The minimum atomic E-state index is -0.355. The first-order chi connectivity index (χ1) is 15.1. The molecule has 0 spiro atoms. The SMILES string of the molecule is COc1cc(NC(=O)N(CC(=O)N(Cc2cccn2C)CC(C)C)C(C)C)cc(OC)c1. The molecule has 0 atom stereocenters. The van der Waals surface area contributed by atoms with Crippen molar-refractivity contribution in [2.75, 3.05) is 32.6 Å². The van der Waals surface area contributed by atoms with Gasteiger partial charge >= 0.3 is 6.03 Å². The largest absolute Gasteiger partial charge is 0.497 e. The monoisotopic (exact) mass is 444 g/mol. The van der Waals surface area contributed by atoms with E-state index in [1.807, 2.05) is 48.7 Å². The van der Waals surface area contributed by atoms with Crippen LogP contribution in [-0.4, -0.2) is 59.7 Å². The number of aryl methyl sites for hydroxylation is 1. The molecule has 0 radical (unpaired) electrons. The van der Waals surface area contributed by atoms with Crippen LogP contribution in [0.5, 0.6) is 11.5 Å². The average Bonchev–Trinajstić information content (AvgIpc) is 3.14. The summed E-state index contributed by atoms with van der Waals surface area (Å²) in [7, 11) is 5.06. The van der Waals surface area contributed by atoms with Crippen molar-refractivity contribution in [1.82, 2.24) is 14.4 Å². The van der Waals surface area contributed by atoms with Crippen molar-refractivity contribution in [3.05, 3.63) is 42.2 Å². The lowest BCUT2D eigenvalue weighted by Crippen LogP contribution is -2.48. The maximum Gasteiger partial charge on any atom is 0.322 e. The van der Waals surface area contributed by atoms with Gasteiger partial charge in [-0.05, 0) is 31.9 Å². The number of hydrogen-bond acceptors (Lipinski definition) is 4. The zero-order chi connectivity index (χ0) is 23.8. The van der Waals surface area contributed by atoms with Gasteiger partial charge in [0.05, 0.1) is 20.8 Å². The highest BCUT2D eigenvalue weighted by Gasteiger charge is 2.25. The van der Waals surface area contributed by atoms with Crippen molar-refractivity contribution < 1.29 is 19.1 Å². The molecule has 0 bridgehead atoms. The molecule has 1 aromatic heterocycles. The lowest BCUT2D eigenvalue weighted by atomic mass is 10.2. The summed E-state index contributed by atoms with van der Waals surface area (Å²) >= 11 is 0. The highest BCUT2D eigenvalue weighted by atomic mass is 16.5. The molecular weight excluding hydrogens is 408 g/mol. The van der Waals surface area contributed by atoms with Crippen LogP contribution in [0, 0.1) is 5.92 Å². The highest BCUT2D eigenvalue weighted by Crippen LogP contribution is 2.26. The number of benzene rings is 1. The Morgan fingerprint density at radius 2 is 1.69 bits per heavy atom. The minimum Gasteiger partial charge on any atom is -0.497 e. The van der Waals surface area contributed by atoms with Gasteiger partial charge in [0.2, 0.25) is 5.91 Å². The Morgan fingerprint density at radius 3 is 2.16 bits per heavy atom. The molecule has 0 aliphatic heterocycles. The van der Waals surface area contributed by atoms with Gasteiger partial charge < -0.3 is 29.2 Å². The van der Waals surface area contributed by atoms with Crippen LogP contribution in [0.1, 0.15) is 33.4 Å². The fourth-order valence-corrected chi connectivity index (χ4v) is 3.36. The second kappa shape index (κ2) is 11.5. The van der Waals surface area contributed by atoms with Crippen LogP contribution in [-0.2, 0) is 18.4 Å². The van der Waals surface area contributed by atoms with E-state index < -0.39 is 0 Å². The molecule has 1 heterocycles. The zero-order valence-electron chi connectivity index (χ0n) is 20.2. The summed E-state index contributed by atoms with van der Waals surface area (Å²) in [5, 5.41) is 2.86. The normalized spacial score (nSPS) is 10.9. The van der Waals surface area contributed by atoms with Crippen LogP contribution in [0.25, 0.3) is 0 Å². The van der Waals surface area contributed by atoms with E-state index in [0.29, 0.717) is 36.2 Å². The van der Waals surface area contributed by atoms with Gasteiger partial charge in [0, 0.05) is 55.4 Å².